The maximum atomic E-state index is 14.1. The van der Waals surface area contributed by atoms with Crippen LogP contribution in [0.1, 0.15) is 50.8 Å². The van der Waals surface area contributed by atoms with Crippen molar-refractivity contribution in [1.82, 2.24) is 15.5 Å². The second-order valence-electron chi connectivity index (χ2n) is 7.59. The van der Waals surface area contributed by atoms with Gasteiger partial charge in [0.15, 0.2) is 0 Å². The molecule has 1 aromatic carbocycles. The number of amides is 1. The molecule has 2 aliphatic rings. The third-order valence-corrected chi connectivity index (χ3v) is 6.26. The average molecular weight is 339 g/mol. The van der Waals surface area contributed by atoms with Crippen molar-refractivity contribution in [2.24, 2.45) is 5.41 Å². The van der Waals surface area contributed by atoms with E-state index in [-0.39, 0.29) is 23.1 Å². The van der Waals surface area contributed by atoms with Crippen LogP contribution in [0.25, 0.3) is 11.3 Å². The van der Waals surface area contributed by atoms with Crippen molar-refractivity contribution in [3.63, 3.8) is 0 Å². The van der Waals surface area contributed by atoms with E-state index in [1.807, 2.05) is 13.0 Å². The Hall–Kier alpha value is -2.30. The van der Waals surface area contributed by atoms with Crippen LogP contribution in [-0.4, -0.2) is 22.6 Å². The summed E-state index contributed by atoms with van der Waals surface area (Å²) >= 11 is 0. The second-order valence-corrected chi connectivity index (χ2v) is 7.59. The molecule has 4 rings (SSSR count). The molecule has 0 aliphatic heterocycles. The third kappa shape index (κ3) is 1.95. The Labute approximate surface area is 146 Å². The summed E-state index contributed by atoms with van der Waals surface area (Å²) in [5.41, 5.74) is 1.95. The number of hydrogen-bond donors (Lipinski definition) is 1. The van der Waals surface area contributed by atoms with E-state index in [2.05, 4.69) is 29.4 Å². The Morgan fingerprint density at radius 2 is 2.08 bits per heavy atom. The number of carbonyl (C=O) groups excluding carboxylic acids is 1. The van der Waals surface area contributed by atoms with Crippen molar-refractivity contribution < 1.29 is 9.18 Å². The fraction of sp³-hybridized carbons (Fsp3) is 0.450. The summed E-state index contributed by atoms with van der Waals surface area (Å²) in [7, 11) is 0. The number of carbonyl (C=O) groups is 1. The second kappa shape index (κ2) is 5.35. The van der Waals surface area contributed by atoms with Crippen LogP contribution in [0.15, 0.2) is 30.3 Å². The number of halogens is 1. The highest BCUT2D eigenvalue weighted by Crippen LogP contribution is 2.67. The maximum Gasteiger partial charge on any atom is 0.232 e. The van der Waals surface area contributed by atoms with Gasteiger partial charge in [0.25, 0.3) is 0 Å². The molecule has 1 aromatic heterocycles. The van der Waals surface area contributed by atoms with Gasteiger partial charge in [-0.2, -0.15) is 10.2 Å². The van der Waals surface area contributed by atoms with Crippen molar-refractivity contribution in [3.8, 4) is 11.3 Å². The lowest BCUT2D eigenvalue weighted by molar-refractivity contribution is -0.129. The van der Waals surface area contributed by atoms with Gasteiger partial charge in [-0.25, -0.2) is 4.39 Å². The molecule has 0 spiro atoms. The molecular weight excluding hydrogens is 317 g/mol. The number of nitrogens with one attached hydrogen (secondary N) is 1. The zero-order valence-corrected chi connectivity index (χ0v) is 14.8. The molecule has 0 radical (unpaired) electrons. The van der Waals surface area contributed by atoms with E-state index in [0.717, 1.165) is 24.1 Å². The summed E-state index contributed by atoms with van der Waals surface area (Å²) < 4.78 is 14.1. The van der Waals surface area contributed by atoms with Crippen molar-refractivity contribution in [1.29, 1.82) is 0 Å². The molecule has 2 aromatic rings. The maximum absolute atomic E-state index is 14.1. The van der Waals surface area contributed by atoms with Crippen molar-refractivity contribution in [2.75, 3.05) is 6.54 Å². The summed E-state index contributed by atoms with van der Waals surface area (Å²) in [6.45, 7) is 6.81. The summed E-state index contributed by atoms with van der Waals surface area (Å²) in [4.78, 5) is 13.0. The van der Waals surface area contributed by atoms with Crippen LogP contribution >= 0.6 is 0 Å². The van der Waals surface area contributed by atoms with E-state index in [4.69, 9.17) is 0 Å². The standard InChI is InChI=1S/C20H22FN3O/c1-4-22-18(25)20-10-9-14(19(20,2)3)13-11-16(23-24-17(13)20)12-7-5-6-8-15(12)21/h5-8,11,14H,4,9-10H2,1-3H3,(H,22,25)/t14-,20?/m1/s1. The Balaban J connectivity index is 1.88. The molecule has 2 aliphatic carbocycles. The van der Waals surface area contributed by atoms with Gasteiger partial charge in [-0.05, 0) is 54.9 Å². The first kappa shape index (κ1) is 16.2. The molecule has 2 bridgehead atoms. The van der Waals surface area contributed by atoms with Crippen LogP contribution in [-0.2, 0) is 10.2 Å². The first-order valence-electron chi connectivity index (χ1n) is 8.84. The fourth-order valence-electron chi connectivity index (χ4n) is 4.94. The lowest BCUT2D eigenvalue weighted by Crippen LogP contribution is -2.49. The largest absolute Gasteiger partial charge is 0.356 e. The van der Waals surface area contributed by atoms with Crippen LogP contribution in [0.5, 0.6) is 0 Å². The van der Waals surface area contributed by atoms with Gasteiger partial charge in [0.05, 0.1) is 16.8 Å². The molecule has 1 N–H and O–H groups in total. The van der Waals surface area contributed by atoms with Crippen LogP contribution in [0.4, 0.5) is 4.39 Å². The third-order valence-electron chi connectivity index (χ3n) is 6.26. The number of rotatable bonds is 3. The smallest absolute Gasteiger partial charge is 0.232 e. The predicted octanol–water partition coefficient (Wildman–Crippen LogP) is 3.57. The first-order chi connectivity index (χ1) is 11.9. The van der Waals surface area contributed by atoms with Crippen LogP contribution in [0.3, 0.4) is 0 Å². The van der Waals surface area contributed by atoms with Crippen LogP contribution in [0, 0.1) is 11.2 Å². The molecule has 25 heavy (non-hydrogen) atoms. The Bertz CT molecular complexity index is 864. The monoisotopic (exact) mass is 339 g/mol. The highest BCUT2D eigenvalue weighted by molar-refractivity contribution is 5.91. The van der Waals surface area contributed by atoms with Gasteiger partial charge >= 0.3 is 0 Å². The molecule has 4 nitrogen and oxygen atoms in total. The summed E-state index contributed by atoms with van der Waals surface area (Å²) in [6.07, 6.45) is 1.73. The highest BCUT2D eigenvalue weighted by Gasteiger charge is 2.67. The number of fused-ring (bicyclic) bond motifs is 5. The number of hydrogen-bond acceptors (Lipinski definition) is 3. The number of benzene rings is 1. The van der Waals surface area contributed by atoms with Crippen LogP contribution in [0.2, 0.25) is 0 Å². The van der Waals surface area contributed by atoms with E-state index in [1.165, 1.54) is 6.07 Å². The minimum Gasteiger partial charge on any atom is -0.356 e. The lowest BCUT2D eigenvalue weighted by atomic mass is 9.67. The Morgan fingerprint density at radius 1 is 1.32 bits per heavy atom. The number of aromatic nitrogens is 2. The zero-order chi connectivity index (χ0) is 17.8. The summed E-state index contributed by atoms with van der Waals surface area (Å²) in [6, 6.07) is 8.53. The molecule has 1 unspecified atom stereocenters. The van der Waals surface area contributed by atoms with Gasteiger partial charge in [-0.15, -0.1) is 0 Å². The van der Waals surface area contributed by atoms with E-state index in [0.29, 0.717) is 17.8 Å². The summed E-state index contributed by atoms with van der Waals surface area (Å²) in [5.74, 6) is -0.0297. The first-order valence-corrected chi connectivity index (χ1v) is 8.84. The molecule has 130 valence electrons. The average Bonchev–Trinajstić information content (AvgIpc) is 2.97. The van der Waals surface area contributed by atoms with E-state index in [9.17, 15) is 9.18 Å². The molecule has 2 atom stereocenters. The molecule has 0 saturated heterocycles. The molecule has 1 saturated carbocycles. The Morgan fingerprint density at radius 3 is 2.80 bits per heavy atom. The quantitative estimate of drug-likeness (QED) is 0.930. The molecule has 5 heteroatoms. The molecular formula is C20H22FN3O. The molecule has 1 fully saturated rings. The molecule has 1 heterocycles. The van der Waals surface area contributed by atoms with Crippen LogP contribution < -0.4 is 5.32 Å². The number of likely N-dealkylation sites (N-methyl/N-ethyl adjacent to an activating group) is 1. The van der Waals surface area contributed by atoms with Crippen molar-refractivity contribution in [3.05, 3.63) is 47.4 Å². The summed E-state index contributed by atoms with van der Waals surface area (Å²) in [5, 5.41) is 11.7. The van der Waals surface area contributed by atoms with Crippen molar-refractivity contribution >= 4 is 5.91 Å². The van der Waals surface area contributed by atoms with Gasteiger partial charge in [0.1, 0.15) is 5.82 Å². The van der Waals surface area contributed by atoms with Gasteiger partial charge in [-0.1, -0.05) is 26.0 Å². The minimum absolute atomic E-state index is 0.0363. The van der Waals surface area contributed by atoms with E-state index < -0.39 is 5.41 Å². The zero-order valence-electron chi connectivity index (χ0n) is 14.8. The lowest BCUT2D eigenvalue weighted by Gasteiger charge is -2.36. The van der Waals surface area contributed by atoms with E-state index >= 15 is 0 Å². The van der Waals surface area contributed by atoms with Crippen molar-refractivity contribution in [2.45, 2.75) is 44.9 Å². The number of nitrogens with zero attached hydrogens (tertiary/aromatic N) is 2. The minimum atomic E-state index is -0.635. The van der Waals surface area contributed by atoms with Gasteiger partial charge in [0, 0.05) is 12.1 Å². The normalized spacial score (nSPS) is 25.7. The van der Waals surface area contributed by atoms with Gasteiger partial charge in [0.2, 0.25) is 5.91 Å². The SMILES string of the molecule is CCNC(=O)C12CC[C@H](c3cc(-c4ccccc4F)nnc31)C2(C)C. The van der Waals surface area contributed by atoms with Gasteiger partial charge < -0.3 is 5.32 Å². The fourth-order valence-corrected chi connectivity index (χ4v) is 4.94. The Kier molecular flexibility index (Phi) is 3.46. The highest BCUT2D eigenvalue weighted by atomic mass is 19.1. The van der Waals surface area contributed by atoms with E-state index in [1.54, 1.807) is 18.2 Å². The predicted molar refractivity (Wildman–Crippen MR) is 93.5 cm³/mol. The molecule has 1 amide bonds. The van der Waals surface area contributed by atoms with Gasteiger partial charge in [-0.3, -0.25) is 4.79 Å². The topological polar surface area (TPSA) is 54.9 Å².